The van der Waals surface area contributed by atoms with Crippen molar-refractivity contribution >= 4 is 39.4 Å². The zero-order valence-electron chi connectivity index (χ0n) is 18.0. The van der Waals surface area contributed by atoms with Crippen LogP contribution in [0.25, 0.3) is 27.7 Å². The fourth-order valence-corrected chi connectivity index (χ4v) is 4.28. The van der Waals surface area contributed by atoms with Gasteiger partial charge in [0.05, 0.1) is 37.1 Å². The summed E-state index contributed by atoms with van der Waals surface area (Å²) in [6, 6.07) is 5.67. The normalized spacial score (nSPS) is 14.2. The molecule has 0 bridgehead atoms. The first-order valence-electron chi connectivity index (χ1n) is 10.3. The minimum absolute atomic E-state index is 0.163. The third kappa shape index (κ3) is 5.21. The van der Waals surface area contributed by atoms with Crippen LogP contribution in [-0.2, 0) is 14.3 Å². The fraction of sp³-hybridized carbons (Fsp3) is 0.364. The van der Waals surface area contributed by atoms with Crippen molar-refractivity contribution in [1.29, 1.82) is 0 Å². The second kappa shape index (κ2) is 10.5. The Hall–Kier alpha value is -3.08. The number of anilines is 1. The molecule has 1 fully saturated rings. The Labute approximate surface area is 190 Å². The van der Waals surface area contributed by atoms with Crippen molar-refractivity contribution in [3.05, 3.63) is 35.3 Å². The molecule has 0 atom stereocenters. The molecule has 1 aliphatic rings. The van der Waals surface area contributed by atoms with Gasteiger partial charge in [-0.1, -0.05) is 0 Å². The molecule has 3 aromatic heterocycles. The molecule has 168 valence electrons. The Morgan fingerprint density at radius 2 is 2.12 bits per heavy atom. The third-order valence-corrected chi connectivity index (χ3v) is 5.98. The van der Waals surface area contributed by atoms with Crippen molar-refractivity contribution in [2.24, 2.45) is 0 Å². The molecular weight excluding hydrogens is 430 g/mol. The summed E-state index contributed by atoms with van der Waals surface area (Å²) < 4.78 is 16.6. The molecule has 9 nitrogen and oxygen atoms in total. The minimum Gasteiger partial charge on any atom is -0.481 e. The number of amides is 1. The van der Waals surface area contributed by atoms with Gasteiger partial charge in [-0.25, -0.2) is 15.0 Å². The van der Waals surface area contributed by atoms with Crippen molar-refractivity contribution in [3.63, 3.8) is 0 Å². The first-order valence-corrected chi connectivity index (χ1v) is 11.1. The SMILES string of the molecule is COCCNC(=O)/C=C/c1cc2nc(-c3ccc(OC)nc3)nc(N3CCOCC3)c2s1. The quantitative estimate of drug-likeness (QED) is 0.408. The van der Waals surface area contributed by atoms with Crippen molar-refractivity contribution in [2.75, 3.05) is 58.6 Å². The summed E-state index contributed by atoms with van der Waals surface area (Å²) >= 11 is 1.56. The van der Waals surface area contributed by atoms with Gasteiger partial charge in [-0.2, -0.15) is 0 Å². The minimum atomic E-state index is -0.163. The van der Waals surface area contributed by atoms with E-state index in [9.17, 15) is 4.79 Å². The highest BCUT2D eigenvalue weighted by atomic mass is 32.1. The molecule has 0 aromatic carbocycles. The molecule has 32 heavy (non-hydrogen) atoms. The number of hydrogen-bond donors (Lipinski definition) is 1. The lowest BCUT2D eigenvalue weighted by Crippen LogP contribution is -2.36. The molecule has 0 radical (unpaired) electrons. The summed E-state index contributed by atoms with van der Waals surface area (Å²) in [6.07, 6.45) is 5.03. The van der Waals surface area contributed by atoms with Crippen LogP contribution in [0.3, 0.4) is 0 Å². The highest BCUT2D eigenvalue weighted by molar-refractivity contribution is 7.20. The van der Waals surface area contributed by atoms with Gasteiger partial charge in [-0.05, 0) is 18.2 Å². The maximum atomic E-state index is 12.0. The number of ether oxygens (including phenoxy) is 3. The first-order chi connectivity index (χ1) is 15.7. The number of nitrogens with zero attached hydrogens (tertiary/aromatic N) is 4. The Morgan fingerprint density at radius 3 is 2.84 bits per heavy atom. The number of fused-ring (bicyclic) bond motifs is 1. The van der Waals surface area contributed by atoms with Gasteiger partial charge in [-0.3, -0.25) is 4.79 Å². The summed E-state index contributed by atoms with van der Waals surface area (Å²) in [5.74, 6) is 1.84. The summed E-state index contributed by atoms with van der Waals surface area (Å²) in [4.78, 5) is 29.1. The summed E-state index contributed by atoms with van der Waals surface area (Å²) in [7, 11) is 3.18. The molecular formula is C22H25N5O4S. The number of methoxy groups -OCH3 is 2. The van der Waals surface area contributed by atoms with E-state index in [1.165, 1.54) is 6.08 Å². The zero-order valence-corrected chi connectivity index (χ0v) is 18.9. The lowest BCUT2D eigenvalue weighted by molar-refractivity contribution is -0.116. The van der Waals surface area contributed by atoms with E-state index in [4.69, 9.17) is 24.2 Å². The maximum Gasteiger partial charge on any atom is 0.244 e. The number of carbonyl (C=O) groups excluding carboxylic acids is 1. The van der Waals surface area contributed by atoms with Crippen LogP contribution in [0.1, 0.15) is 4.88 Å². The maximum absolute atomic E-state index is 12.0. The lowest BCUT2D eigenvalue weighted by Gasteiger charge is -2.28. The van der Waals surface area contributed by atoms with Crippen molar-refractivity contribution in [3.8, 4) is 17.3 Å². The Kier molecular flexibility index (Phi) is 7.25. The van der Waals surface area contributed by atoms with Crippen molar-refractivity contribution in [1.82, 2.24) is 20.3 Å². The number of nitrogens with one attached hydrogen (secondary N) is 1. The van der Waals surface area contributed by atoms with E-state index in [2.05, 4.69) is 15.2 Å². The van der Waals surface area contributed by atoms with Crippen LogP contribution in [0.15, 0.2) is 30.5 Å². The number of aromatic nitrogens is 3. The van der Waals surface area contributed by atoms with Crippen LogP contribution in [0.5, 0.6) is 5.88 Å². The van der Waals surface area contributed by atoms with E-state index in [0.717, 1.165) is 39.6 Å². The predicted octanol–water partition coefficient (Wildman–Crippen LogP) is 2.37. The summed E-state index contributed by atoms with van der Waals surface area (Å²) in [6.45, 7) is 3.78. The highest BCUT2D eigenvalue weighted by Gasteiger charge is 2.20. The van der Waals surface area contributed by atoms with Crippen molar-refractivity contribution < 1.29 is 19.0 Å². The average molecular weight is 456 g/mol. The molecule has 4 heterocycles. The van der Waals surface area contributed by atoms with Gasteiger partial charge in [0.15, 0.2) is 11.6 Å². The monoisotopic (exact) mass is 455 g/mol. The molecule has 0 saturated carbocycles. The molecule has 10 heteroatoms. The topological polar surface area (TPSA) is 98.7 Å². The summed E-state index contributed by atoms with van der Waals surface area (Å²) in [5.41, 5.74) is 1.64. The molecule has 1 saturated heterocycles. The number of morpholine rings is 1. The average Bonchev–Trinajstić information content (AvgIpc) is 3.26. The number of carbonyl (C=O) groups is 1. The zero-order chi connectivity index (χ0) is 22.3. The van der Waals surface area contributed by atoms with E-state index >= 15 is 0 Å². The number of rotatable bonds is 8. The molecule has 1 aliphatic heterocycles. The number of hydrogen-bond acceptors (Lipinski definition) is 9. The lowest BCUT2D eigenvalue weighted by atomic mass is 10.2. The fourth-order valence-electron chi connectivity index (χ4n) is 3.26. The molecule has 0 unspecified atom stereocenters. The van der Waals surface area contributed by atoms with Gasteiger partial charge in [-0.15, -0.1) is 11.3 Å². The van der Waals surface area contributed by atoms with Crippen LogP contribution < -0.4 is 15.0 Å². The van der Waals surface area contributed by atoms with Crippen LogP contribution >= 0.6 is 11.3 Å². The van der Waals surface area contributed by atoms with Crippen LogP contribution in [0, 0.1) is 0 Å². The van der Waals surface area contributed by atoms with Crippen LogP contribution in [-0.4, -0.2) is 74.5 Å². The number of thiophene rings is 1. The van der Waals surface area contributed by atoms with Crippen LogP contribution in [0.2, 0.25) is 0 Å². The predicted molar refractivity (Wildman–Crippen MR) is 124 cm³/mol. The molecule has 0 aliphatic carbocycles. The van der Waals surface area contributed by atoms with E-state index in [1.54, 1.807) is 43.9 Å². The second-order valence-corrected chi connectivity index (χ2v) is 8.12. The van der Waals surface area contributed by atoms with Gasteiger partial charge >= 0.3 is 0 Å². The molecule has 4 rings (SSSR count). The van der Waals surface area contributed by atoms with Gasteiger partial charge in [0.1, 0.15) is 0 Å². The van der Waals surface area contributed by atoms with E-state index < -0.39 is 0 Å². The number of pyridine rings is 1. The smallest absolute Gasteiger partial charge is 0.244 e. The summed E-state index contributed by atoms with van der Waals surface area (Å²) in [5, 5.41) is 2.78. The Bertz CT molecular complexity index is 1090. The Balaban J connectivity index is 1.67. The van der Waals surface area contributed by atoms with Crippen molar-refractivity contribution in [2.45, 2.75) is 0 Å². The molecule has 0 spiro atoms. The van der Waals surface area contributed by atoms with Crippen LogP contribution in [0.4, 0.5) is 5.82 Å². The van der Waals surface area contributed by atoms with E-state index in [-0.39, 0.29) is 5.91 Å². The van der Waals surface area contributed by atoms with E-state index in [1.807, 2.05) is 12.1 Å². The first kappa shape index (κ1) is 22.1. The highest BCUT2D eigenvalue weighted by Crippen LogP contribution is 2.35. The standard InChI is InChI=1S/C22H25N5O4S/c1-29-10-7-23-18(28)5-4-16-13-17-20(32-16)22(27-8-11-31-12-9-27)26-21(25-17)15-3-6-19(30-2)24-14-15/h3-6,13-14H,7-12H2,1-2H3,(H,23,28)/b5-4+. The second-order valence-electron chi connectivity index (χ2n) is 7.04. The van der Waals surface area contributed by atoms with Gasteiger partial charge in [0.2, 0.25) is 11.8 Å². The molecule has 1 amide bonds. The van der Waals surface area contributed by atoms with Gasteiger partial charge in [0.25, 0.3) is 0 Å². The Morgan fingerprint density at radius 1 is 1.28 bits per heavy atom. The van der Waals surface area contributed by atoms with E-state index in [0.29, 0.717) is 38.1 Å². The van der Waals surface area contributed by atoms with Gasteiger partial charge in [0, 0.05) is 55.5 Å². The largest absolute Gasteiger partial charge is 0.481 e. The van der Waals surface area contributed by atoms with Gasteiger partial charge < -0.3 is 24.4 Å². The molecule has 3 aromatic rings. The molecule has 1 N–H and O–H groups in total. The third-order valence-electron chi connectivity index (χ3n) is 4.89.